The number of hydrogen-bond donors (Lipinski definition) is 2. The number of thiophene rings is 1. The van der Waals surface area contributed by atoms with Crippen molar-refractivity contribution >= 4 is 11.3 Å². The average molecular weight is 236 g/mol. The summed E-state index contributed by atoms with van der Waals surface area (Å²) < 4.78 is 0. The molecule has 1 unspecified atom stereocenters. The van der Waals surface area contributed by atoms with Crippen molar-refractivity contribution in [3.8, 4) is 0 Å². The van der Waals surface area contributed by atoms with Gasteiger partial charge in [0.2, 0.25) is 0 Å². The van der Waals surface area contributed by atoms with Crippen LogP contribution in [-0.4, -0.2) is 0 Å². The van der Waals surface area contributed by atoms with Crippen molar-refractivity contribution in [1.82, 2.24) is 5.43 Å². The first-order chi connectivity index (χ1) is 7.92. The van der Waals surface area contributed by atoms with Crippen molar-refractivity contribution in [3.05, 3.63) is 34.0 Å². The SMILES string of the molecule is NNC(/C1=C/CCCCCC1)c1ccsc1. The van der Waals surface area contributed by atoms with Crippen molar-refractivity contribution in [2.24, 2.45) is 5.84 Å². The standard InChI is InChI=1S/C13H20N2S/c14-15-13(12-8-9-16-10-12)11-6-4-2-1-3-5-7-11/h6,8-10,13,15H,1-5,7,14H2/b11-6+. The van der Waals surface area contributed by atoms with E-state index >= 15 is 0 Å². The number of nitrogens with two attached hydrogens (primary N) is 1. The van der Waals surface area contributed by atoms with Crippen LogP contribution in [-0.2, 0) is 0 Å². The highest BCUT2D eigenvalue weighted by Gasteiger charge is 2.15. The molecule has 0 saturated carbocycles. The average Bonchev–Trinajstić information content (AvgIpc) is 2.75. The number of nitrogens with one attached hydrogen (secondary N) is 1. The summed E-state index contributed by atoms with van der Waals surface area (Å²) in [6, 6.07) is 2.39. The lowest BCUT2D eigenvalue weighted by molar-refractivity contribution is 0.556. The van der Waals surface area contributed by atoms with E-state index in [1.807, 2.05) is 0 Å². The second-order valence-electron chi connectivity index (χ2n) is 4.39. The third-order valence-electron chi connectivity index (χ3n) is 3.24. The molecule has 3 heteroatoms. The molecular formula is C13H20N2S. The largest absolute Gasteiger partial charge is 0.271 e. The first kappa shape index (κ1) is 11.8. The van der Waals surface area contributed by atoms with Crippen LogP contribution in [0.25, 0.3) is 0 Å². The Kier molecular flexibility index (Phi) is 4.57. The molecule has 0 spiro atoms. The van der Waals surface area contributed by atoms with Crippen LogP contribution >= 0.6 is 11.3 Å². The van der Waals surface area contributed by atoms with E-state index in [0.29, 0.717) is 0 Å². The molecule has 0 fully saturated rings. The molecule has 2 nitrogen and oxygen atoms in total. The van der Waals surface area contributed by atoms with Crippen molar-refractivity contribution in [2.45, 2.75) is 44.6 Å². The van der Waals surface area contributed by atoms with Gasteiger partial charge in [-0.05, 0) is 48.1 Å². The molecule has 0 aromatic carbocycles. The summed E-state index contributed by atoms with van der Waals surface area (Å²) in [5, 5.41) is 4.30. The lowest BCUT2D eigenvalue weighted by atomic mass is 9.92. The van der Waals surface area contributed by atoms with Crippen LogP contribution in [0.5, 0.6) is 0 Å². The Labute approximate surface area is 102 Å². The molecule has 1 aromatic rings. The Bertz CT molecular complexity index is 330. The van der Waals surface area contributed by atoms with Crippen LogP contribution in [0.15, 0.2) is 28.5 Å². The number of rotatable bonds is 3. The van der Waals surface area contributed by atoms with E-state index in [4.69, 9.17) is 5.84 Å². The van der Waals surface area contributed by atoms with Gasteiger partial charge in [0.15, 0.2) is 0 Å². The molecule has 0 radical (unpaired) electrons. The minimum Gasteiger partial charge on any atom is -0.271 e. The number of hydrogen-bond acceptors (Lipinski definition) is 3. The summed E-state index contributed by atoms with van der Waals surface area (Å²) in [4.78, 5) is 0. The number of allylic oxidation sites excluding steroid dienone is 1. The van der Waals surface area contributed by atoms with Gasteiger partial charge in [-0.2, -0.15) is 11.3 Å². The third-order valence-corrected chi connectivity index (χ3v) is 3.94. The Hall–Kier alpha value is -0.640. The monoisotopic (exact) mass is 236 g/mol. The van der Waals surface area contributed by atoms with Gasteiger partial charge in [-0.25, -0.2) is 5.43 Å². The second-order valence-corrected chi connectivity index (χ2v) is 5.17. The van der Waals surface area contributed by atoms with Crippen LogP contribution in [0.2, 0.25) is 0 Å². The van der Waals surface area contributed by atoms with Gasteiger partial charge in [0.25, 0.3) is 0 Å². The molecule has 3 N–H and O–H groups in total. The van der Waals surface area contributed by atoms with Gasteiger partial charge in [-0.15, -0.1) is 0 Å². The fourth-order valence-electron chi connectivity index (χ4n) is 2.34. The summed E-state index contributed by atoms with van der Waals surface area (Å²) in [6.45, 7) is 0. The molecule has 0 saturated heterocycles. The van der Waals surface area contributed by atoms with Crippen LogP contribution in [0.1, 0.15) is 50.1 Å². The molecule has 0 bridgehead atoms. The molecule has 0 aliphatic heterocycles. The summed E-state index contributed by atoms with van der Waals surface area (Å²) in [7, 11) is 0. The molecular weight excluding hydrogens is 216 g/mol. The van der Waals surface area contributed by atoms with Crippen molar-refractivity contribution < 1.29 is 0 Å². The Morgan fingerprint density at radius 1 is 1.25 bits per heavy atom. The maximum Gasteiger partial charge on any atom is 0.0678 e. The molecule has 0 amide bonds. The Morgan fingerprint density at radius 3 is 2.88 bits per heavy atom. The van der Waals surface area contributed by atoms with Gasteiger partial charge >= 0.3 is 0 Å². The highest BCUT2D eigenvalue weighted by atomic mass is 32.1. The van der Waals surface area contributed by atoms with Crippen molar-refractivity contribution in [1.29, 1.82) is 0 Å². The predicted octanol–water partition coefficient (Wildman–Crippen LogP) is 3.53. The molecule has 1 aliphatic carbocycles. The normalized spacial score (nSPS) is 22.9. The molecule has 1 aromatic heterocycles. The smallest absolute Gasteiger partial charge is 0.0678 e. The lowest BCUT2D eigenvalue weighted by Gasteiger charge is -2.20. The van der Waals surface area contributed by atoms with Gasteiger partial charge in [-0.1, -0.05) is 24.5 Å². The van der Waals surface area contributed by atoms with Crippen LogP contribution in [0.3, 0.4) is 0 Å². The second kappa shape index (κ2) is 6.18. The van der Waals surface area contributed by atoms with E-state index in [1.54, 1.807) is 11.3 Å². The third kappa shape index (κ3) is 2.94. The maximum absolute atomic E-state index is 5.70. The van der Waals surface area contributed by atoms with Crippen molar-refractivity contribution in [2.75, 3.05) is 0 Å². The Morgan fingerprint density at radius 2 is 2.12 bits per heavy atom. The molecule has 88 valence electrons. The molecule has 1 heterocycles. The molecule has 2 rings (SSSR count). The molecule has 1 atom stereocenters. The van der Waals surface area contributed by atoms with E-state index in [2.05, 4.69) is 28.3 Å². The van der Waals surface area contributed by atoms with Gasteiger partial charge in [-0.3, -0.25) is 5.84 Å². The topological polar surface area (TPSA) is 38.0 Å². The number of hydrazine groups is 1. The zero-order valence-corrected chi connectivity index (χ0v) is 10.4. The van der Waals surface area contributed by atoms with Gasteiger partial charge in [0, 0.05) is 0 Å². The fourth-order valence-corrected chi connectivity index (χ4v) is 3.02. The highest BCUT2D eigenvalue weighted by Crippen LogP contribution is 2.29. The summed E-state index contributed by atoms with van der Waals surface area (Å²) in [5.74, 6) is 5.70. The lowest BCUT2D eigenvalue weighted by Crippen LogP contribution is -2.29. The maximum atomic E-state index is 5.70. The summed E-state index contributed by atoms with van der Waals surface area (Å²) in [5.41, 5.74) is 5.74. The van der Waals surface area contributed by atoms with E-state index in [1.165, 1.54) is 49.7 Å². The Balaban J connectivity index is 2.12. The minimum atomic E-state index is 0.226. The van der Waals surface area contributed by atoms with E-state index in [9.17, 15) is 0 Å². The summed E-state index contributed by atoms with van der Waals surface area (Å²) >= 11 is 1.73. The van der Waals surface area contributed by atoms with Crippen LogP contribution in [0, 0.1) is 0 Å². The van der Waals surface area contributed by atoms with E-state index < -0.39 is 0 Å². The molecule has 1 aliphatic rings. The van der Waals surface area contributed by atoms with E-state index in [-0.39, 0.29) is 6.04 Å². The van der Waals surface area contributed by atoms with Gasteiger partial charge in [0.05, 0.1) is 6.04 Å². The van der Waals surface area contributed by atoms with Crippen LogP contribution in [0.4, 0.5) is 0 Å². The van der Waals surface area contributed by atoms with Gasteiger partial charge < -0.3 is 0 Å². The van der Waals surface area contributed by atoms with Gasteiger partial charge in [0.1, 0.15) is 0 Å². The predicted molar refractivity (Wildman–Crippen MR) is 70.2 cm³/mol. The quantitative estimate of drug-likeness (QED) is 0.478. The highest BCUT2D eigenvalue weighted by molar-refractivity contribution is 7.08. The minimum absolute atomic E-state index is 0.226. The molecule has 16 heavy (non-hydrogen) atoms. The first-order valence-corrected chi connectivity index (χ1v) is 7.03. The van der Waals surface area contributed by atoms with Crippen molar-refractivity contribution in [3.63, 3.8) is 0 Å². The first-order valence-electron chi connectivity index (χ1n) is 6.09. The summed E-state index contributed by atoms with van der Waals surface area (Å²) in [6.07, 6.45) is 10.1. The zero-order valence-electron chi connectivity index (χ0n) is 9.61. The van der Waals surface area contributed by atoms with Crippen LogP contribution < -0.4 is 11.3 Å². The zero-order chi connectivity index (χ0) is 11.2. The van der Waals surface area contributed by atoms with E-state index in [0.717, 1.165) is 0 Å². The fraction of sp³-hybridized carbons (Fsp3) is 0.538.